The Labute approximate surface area is 91.4 Å². The van der Waals surface area contributed by atoms with Gasteiger partial charge in [-0.2, -0.15) is 11.8 Å². The Morgan fingerprint density at radius 2 is 2.14 bits per heavy atom. The van der Waals surface area contributed by atoms with Crippen LogP contribution in [0, 0.1) is 0 Å². The fraction of sp³-hybridized carbons (Fsp3) is 0.909. The van der Waals surface area contributed by atoms with Crippen LogP contribution < -0.4 is 0 Å². The van der Waals surface area contributed by atoms with Gasteiger partial charge in [0.2, 0.25) is 0 Å². The molecule has 3 heteroatoms. The number of rotatable bonds is 3. The second-order valence-corrected chi connectivity index (χ2v) is 5.36. The largest absolute Gasteiger partial charge is 0.298 e. The van der Waals surface area contributed by atoms with E-state index in [1.807, 2.05) is 11.8 Å². The van der Waals surface area contributed by atoms with E-state index in [1.165, 1.54) is 17.9 Å². The molecule has 1 unspecified atom stereocenters. The molecule has 0 bridgehead atoms. The summed E-state index contributed by atoms with van der Waals surface area (Å²) in [5.74, 6) is 2.73. The van der Waals surface area contributed by atoms with Gasteiger partial charge in [-0.3, -0.25) is 9.69 Å². The lowest BCUT2D eigenvalue weighted by molar-refractivity contribution is -0.128. The Morgan fingerprint density at radius 3 is 2.71 bits per heavy atom. The van der Waals surface area contributed by atoms with Crippen molar-refractivity contribution in [3.8, 4) is 0 Å². The van der Waals surface area contributed by atoms with E-state index in [0.29, 0.717) is 5.78 Å². The molecule has 0 aliphatic carbocycles. The summed E-state index contributed by atoms with van der Waals surface area (Å²) in [6, 6.07) is 0. The normalized spacial score (nSPS) is 23.9. The molecule has 0 aromatic carbocycles. The predicted octanol–water partition coefficient (Wildman–Crippen LogP) is 2.18. The van der Waals surface area contributed by atoms with Crippen LogP contribution in [0.3, 0.4) is 0 Å². The summed E-state index contributed by atoms with van der Waals surface area (Å²) in [5.41, 5.74) is -0.217. The molecule has 1 aliphatic heterocycles. The van der Waals surface area contributed by atoms with Gasteiger partial charge in [0.05, 0.1) is 5.54 Å². The minimum absolute atomic E-state index is 0.217. The van der Waals surface area contributed by atoms with Crippen molar-refractivity contribution < 1.29 is 4.79 Å². The van der Waals surface area contributed by atoms with E-state index in [4.69, 9.17) is 0 Å². The van der Waals surface area contributed by atoms with Crippen molar-refractivity contribution in [3.63, 3.8) is 0 Å². The van der Waals surface area contributed by atoms with Gasteiger partial charge in [0.25, 0.3) is 0 Å². The van der Waals surface area contributed by atoms with E-state index in [2.05, 4.69) is 18.7 Å². The van der Waals surface area contributed by atoms with Crippen LogP contribution in [0.25, 0.3) is 0 Å². The molecule has 1 saturated heterocycles. The van der Waals surface area contributed by atoms with Crippen molar-refractivity contribution in [1.82, 2.24) is 4.90 Å². The summed E-state index contributed by atoms with van der Waals surface area (Å²) in [4.78, 5) is 14.0. The molecule has 0 radical (unpaired) electrons. The molecule has 0 aromatic heterocycles. The van der Waals surface area contributed by atoms with Gasteiger partial charge in [-0.15, -0.1) is 0 Å². The maximum absolute atomic E-state index is 11.7. The fourth-order valence-corrected chi connectivity index (χ4v) is 2.82. The molecule has 14 heavy (non-hydrogen) atoms. The molecular weight excluding hydrogens is 194 g/mol. The van der Waals surface area contributed by atoms with Gasteiger partial charge in [-0.1, -0.05) is 6.92 Å². The molecule has 2 nitrogen and oxygen atoms in total. The topological polar surface area (TPSA) is 20.3 Å². The maximum Gasteiger partial charge on any atom is 0.149 e. The molecule has 1 aliphatic rings. The number of hydrogen-bond acceptors (Lipinski definition) is 3. The van der Waals surface area contributed by atoms with Crippen LogP contribution in [0.1, 0.15) is 33.6 Å². The van der Waals surface area contributed by atoms with Gasteiger partial charge >= 0.3 is 0 Å². The molecule has 0 aromatic rings. The van der Waals surface area contributed by atoms with Crippen LogP contribution >= 0.6 is 11.8 Å². The lowest BCUT2D eigenvalue weighted by atomic mass is 9.91. The van der Waals surface area contributed by atoms with Gasteiger partial charge in [0, 0.05) is 12.3 Å². The summed E-state index contributed by atoms with van der Waals surface area (Å²) >= 11 is 2.00. The Kier molecular flexibility index (Phi) is 4.45. The smallest absolute Gasteiger partial charge is 0.149 e. The monoisotopic (exact) mass is 215 g/mol. The maximum atomic E-state index is 11.7. The molecule has 1 atom stereocenters. The van der Waals surface area contributed by atoms with E-state index in [0.717, 1.165) is 19.5 Å². The molecular formula is C11H21NOS. The van der Waals surface area contributed by atoms with Crippen LogP contribution in [-0.4, -0.2) is 40.8 Å². The number of hydrogen-bond donors (Lipinski definition) is 0. The lowest BCUT2D eigenvalue weighted by Gasteiger charge is -2.38. The zero-order chi connectivity index (χ0) is 10.6. The predicted molar refractivity (Wildman–Crippen MR) is 62.9 cm³/mol. The molecule has 0 spiro atoms. The number of thioether (sulfide) groups is 1. The second-order valence-electron chi connectivity index (χ2n) is 4.14. The molecule has 1 heterocycles. The zero-order valence-corrected chi connectivity index (χ0v) is 10.3. The van der Waals surface area contributed by atoms with Gasteiger partial charge in [0.1, 0.15) is 5.78 Å². The molecule has 0 amide bonds. The minimum atomic E-state index is -0.217. The van der Waals surface area contributed by atoms with Crippen LogP contribution in [-0.2, 0) is 4.79 Å². The highest BCUT2D eigenvalue weighted by molar-refractivity contribution is 7.99. The van der Waals surface area contributed by atoms with Crippen molar-refractivity contribution in [3.05, 3.63) is 0 Å². The number of carbonyl (C=O) groups excluding carboxylic acids is 1. The third-order valence-corrected chi connectivity index (χ3v) is 4.42. The van der Waals surface area contributed by atoms with Crippen molar-refractivity contribution in [1.29, 1.82) is 0 Å². The molecule has 0 N–H and O–H groups in total. The first-order chi connectivity index (χ1) is 6.61. The lowest BCUT2D eigenvalue weighted by Crippen LogP contribution is -2.51. The molecule has 1 fully saturated rings. The molecule has 1 rings (SSSR count). The van der Waals surface area contributed by atoms with Crippen LogP contribution in [0.4, 0.5) is 0 Å². The third-order valence-electron chi connectivity index (χ3n) is 3.37. The summed E-state index contributed by atoms with van der Waals surface area (Å²) in [7, 11) is 0. The van der Waals surface area contributed by atoms with Crippen molar-refractivity contribution in [2.24, 2.45) is 0 Å². The number of nitrogens with zero attached hydrogens (tertiary/aromatic N) is 1. The summed E-state index contributed by atoms with van der Waals surface area (Å²) in [6.45, 7) is 8.07. The third kappa shape index (κ3) is 2.51. The Morgan fingerprint density at radius 1 is 1.43 bits per heavy atom. The second kappa shape index (κ2) is 5.17. The first-order valence-electron chi connectivity index (χ1n) is 5.45. The average Bonchev–Trinajstić information content (AvgIpc) is 2.44. The van der Waals surface area contributed by atoms with Crippen LogP contribution in [0.15, 0.2) is 0 Å². The summed E-state index contributed by atoms with van der Waals surface area (Å²) in [5, 5.41) is 0. The Balaban J connectivity index is 2.71. The highest BCUT2D eigenvalue weighted by atomic mass is 32.2. The quantitative estimate of drug-likeness (QED) is 0.720. The van der Waals surface area contributed by atoms with Crippen molar-refractivity contribution >= 4 is 17.5 Å². The standard InChI is InChI=1S/C11H21NOS/c1-4-11(3,10(2)13)12-6-5-8-14-9-7-12/h4-9H2,1-3H3. The van der Waals surface area contributed by atoms with E-state index >= 15 is 0 Å². The van der Waals surface area contributed by atoms with E-state index in [1.54, 1.807) is 6.92 Å². The van der Waals surface area contributed by atoms with Gasteiger partial charge < -0.3 is 0 Å². The SMILES string of the molecule is CCC(C)(C(C)=O)N1CCCSCC1. The van der Waals surface area contributed by atoms with Crippen molar-refractivity contribution in [2.75, 3.05) is 24.6 Å². The van der Waals surface area contributed by atoms with E-state index in [9.17, 15) is 4.79 Å². The highest BCUT2D eigenvalue weighted by Crippen LogP contribution is 2.23. The van der Waals surface area contributed by atoms with Crippen molar-refractivity contribution in [2.45, 2.75) is 39.2 Å². The summed E-state index contributed by atoms with van der Waals surface area (Å²) in [6.07, 6.45) is 2.14. The van der Waals surface area contributed by atoms with Gasteiger partial charge in [0.15, 0.2) is 0 Å². The van der Waals surface area contributed by atoms with Crippen LogP contribution in [0.2, 0.25) is 0 Å². The first-order valence-corrected chi connectivity index (χ1v) is 6.60. The van der Waals surface area contributed by atoms with Gasteiger partial charge in [-0.25, -0.2) is 0 Å². The number of carbonyl (C=O) groups is 1. The van der Waals surface area contributed by atoms with E-state index in [-0.39, 0.29) is 5.54 Å². The van der Waals surface area contributed by atoms with Crippen LogP contribution in [0.5, 0.6) is 0 Å². The number of Topliss-reactive ketones (excluding diaryl/α,β-unsaturated/α-hetero) is 1. The minimum Gasteiger partial charge on any atom is -0.298 e. The van der Waals surface area contributed by atoms with Gasteiger partial charge in [-0.05, 0) is 39.0 Å². The average molecular weight is 215 g/mol. The molecule has 0 saturated carbocycles. The zero-order valence-electron chi connectivity index (χ0n) is 9.51. The number of ketones is 1. The Hall–Kier alpha value is -0.0200. The highest BCUT2D eigenvalue weighted by Gasteiger charge is 2.34. The van der Waals surface area contributed by atoms with E-state index < -0.39 is 0 Å². The fourth-order valence-electron chi connectivity index (χ4n) is 1.93. The first kappa shape index (κ1) is 12.1. The summed E-state index contributed by atoms with van der Waals surface area (Å²) < 4.78 is 0. The molecule has 82 valence electrons. The Bertz CT molecular complexity index is 199.